The maximum atomic E-state index is 11.5. The molecule has 6 heteroatoms. The number of carbonyl (C=O) groups excluding carboxylic acids is 2. The van der Waals surface area contributed by atoms with Crippen molar-refractivity contribution in [3.05, 3.63) is 0 Å². The van der Waals surface area contributed by atoms with Gasteiger partial charge in [0.25, 0.3) is 0 Å². The molecule has 0 saturated heterocycles. The molecule has 0 radical (unpaired) electrons. The second kappa shape index (κ2) is 9.61. The van der Waals surface area contributed by atoms with E-state index in [2.05, 4.69) is 10.6 Å². The highest BCUT2D eigenvalue weighted by atomic mass is 16.5. The largest absolute Gasteiger partial charge is 0.548 e. The first-order chi connectivity index (χ1) is 8.82. The van der Waals surface area contributed by atoms with E-state index < -0.39 is 18.0 Å². The van der Waals surface area contributed by atoms with Gasteiger partial charge in [0.15, 0.2) is 0 Å². The molecule has 19 heavy (non-hydrogen) atoms. The van der Waals surface area contributed by atoms with E-state index in [1.165, 1.54) is 0 Å². The predicted octanol–water partition coefficient (Wildman–Crippen LogP) is 0.265. The smallest absolute Gasteiger partial charge is 0.315 e. The van der Waals surface area contributed by atoms with E-state index in [1.54, 1.807) is 0 Å². The fourth-order valence-corrected chi connectivity index (χ4v) is 1.49. The first-order valence-corrected chi connectivity index (χ1v) is 6.69. The molecule has 0 aromatic rings. The molecule has 112 valence electrons. The maximum Gasteiger partial charge on any atom is 0.315 e. The lowest BCUT2D eigenvalue weighted by atomic mass is 10.0. The maximum absolute atomic E-state index is 11.5. The Morgan fingerprint density at radius 1 is 1.21 bits per heavy atom. The Kier molecular flexibility index (Phi) is 8.95. The molecule has 0 aromatic carbocycles. The van der Waals surface area contributed by atoms with Gasteiger partial charge in [-0.25, -0.2) is 4.79 Å². The van der Waals surface area contributed by atoms with Gasteiger partial charge in [-0.15, -0.1) is 0 Å². The van der Waals surface area contributed by atoms with Gasteiger partial charge < -0.3 is 25.3 Å². The number of aliphatic carboxylic acids is 1. The van der Waals surface area contributed by atoms with Crippen LogP contribution in [-0.4, -0.2) is 37.3 Å². The number of urea groups is 1. The Balaban J connectivity index is 3.84. The van der Waals surface area contributed by atoms with Crippen LogP contribution in [0.2, 0.25) is 0 Å². The van der Waals surface area contributed by atoms with Crippen LogP contribution < -0.4 is 15.7 Å². The molecule has 0 spiro atoms. The lowest BCUT2D eigenvalue weighted by Gasteiger charge is -2.21. The molecule has 0 heterocycles. The van der Waals surface area contributed by atoms with Crippen LogP contribution in [0.4, 0.5) is 4.79 Å². The van der Waals surface area contributed by atoms with Crippen LogP contribution in [0.25, 0.3) is 0 Å². The van der Waals surface area contributed by atoms with Gasteiger partial charge >= 0.3 is 6.03 Å². The standard InChI is InChI=1S/C13H26N2O4/c1-9(2)8-11(12(16)17)15-13(18)14-6-5-7-19-10(3)4/h9-11H,5-8H2,1-4H3,(H,16,17)(H2,14,15,18)/p-1/t11-/m0/s1. The third-order valence-corrected chi connectivity index (χ3v) is 2.35. The van der Waals surface area contributed by atoms with Crippen molar-refractivity contribution in [1.82, 2.24) is 10.6 Å². The Bertz CT molecular complexity index is 280. The quantitative estimate of drug-likeness (QED) is 0.590. The molecule has 0 aromatic heterocycles. The summed E-state index contributed by atoms with van der Waals surface area (Å²) in [4.78, 5) is 22.3. The third kappa shape index (κ3) is 10.3. The van der Waals surface area contributed by atoms with Gasteiger partial charge in [-0.1, -0.05) is 13.8 Å². The molecule has 2 N–H and O–H groups in total. The van der Waals surface area contributed by atoms with Crippen molar-refractivity contribution in [1.29, 1.82) is 0 Å². The van der Waals surface area contributed by atoms with Gasteiger partial charge in [0.1, 0.15) is 0 Å². The summed E-state index contributed by atoms with van der Waals surface area (Å²) in [6.07, 6.45) is 1.21. The summed E-state index contributed by atoms with van der Waals surface area (Å²) in [5.41, 5.74) is 0. The van der Waals surface area contributed by atoms with Crippen LogP contribution in [0.3, 0.4) is 0 Å². The second-order valence-electron chi connectivity index (χ2n) is 5.17. The molecule has 0 unspecified atom stereocenters. The number of hydrogen-bond donors (Lipinski definition) is 2. The second-order valence-corrected chi connectivity index (χ2v) is 5.17. The SMILES string of the molecule is CC(C)C[C@H](NC(=O)NCCCOC(C)C)C(=O)[O-]. The molecule has 0 aliphatic carbocycles. The first kappa shape index (κ1) is 17.7. The minimum atomic E-state index is -1.26. The summed E-state index contributed by atoms with van der Waals surface area (Å²) >= 11 is 0. The first-order valence-electron chi connectivity index (χ1n) is 6.69. The average Bonchev–Trinajstić information content (AvgIpc) is 2.26. The highest BCUT2D eigenvalue weighted by Crippen LogP contribution is 2.03. The van der Waals surface area contributed by atoms with Crippen molar-refractivity contribution < 1.29 is 19.4 Å². The van der Waals surface area contributed by atoms with Crippen molar-refractivity contribution in [2.75, 3.05) is 13.2 Å². The normalized spacial score (nSPS) is 12.5. The van der Waals surface area contributed by atoms with Gasteiger partial charge in [0.05, 0.1) is 18.1 Å². The summed E-state index contributed by atoms with van der Waals surface area (Å²) in [6, 6.07) is -1.44. The molecule has 0 bridgehead atoms. The van der Waals surface area contributed by atoms with E-state index in [0.717, 1.165) is 0 Å². The zero-order chi connectivity index (χ0) is 14.8. The van der Waals surface area contributed by atoms with E-state index in [9.17, 15) is 14.7 Å². The summed E-state index contributed by atoms with van der Waals surface area (Å²) in [6.45, 7) is 8.67. The molecule has 0 aliphatic rings. The van der Waals surface area contributed by atoms with Gasteiger partial charge in [-0.05, 0) is 32.6 Å². The molecule has 0 aliphatic heterocycles. The summed E-state index contributed by atoms with van der Waals surface area (Å²) < 4.78 is 5.32. The number of carboxylic acids is 1. The molecule has 0 rings (SSSR count). The van der Waals surface area contributed by atoms with Crippen molar-refractivity contribution in [2.45, 2.75) is 52.7 Å². The highest BCUT2D eigenvalue weighted by Gasteiger charge is 2.14. The average molecular weight is 273 g/mol. The highest BCUT2D eigenvalue weighted by molar-refractivity contribution is 5.81. The number of rotatable bonds is 9. The Morgan fingerprint density at radius 3 is 2.32 bits per heavy atom. The molecular formula is C13H25N2O4-. The zero-order valence-electron chi connectivity index (χ0n) is 12.2. The van der Waals surface area contributed by atoms with Gasteiger partial charge in [0.2, 0.25) is 0 Å². The van der Waals surface area contributed by atoms with Crippen LogP contribution in [-0.2, 0) is 9.53 Å². The Hall–Kier alpha value is -1.30. The number of hydrogen-bond acceptors (Lipinski definition) is 4. The number of amides is 2. The number of ether oxygens (including phenoxy) is 1. The van der Waals surface area contributed by atoms with E-state index in [0.29, 0.717) is 26.0 Å². The Labute approximate surface area is 114 Å². The molecular weight excluding hydrogens is 248 g/mol. The minimum Gasteiger partial charge on any atom is -0.548 e. The van der Waals surface area contributed by atoms with E-state index in [-0.39, 0.29) is 12.0 Å². The monoisotopic (exact) mass is 273 g/mol. The van der Waals surface area contributed by atoms with Crippen LogP contribution in [0.1, 0.15) is 40.5 Å². The molecule has 6 nitrogen and oxygen atoms in total. The van der Waals surface area contributed by atoms with Gasteiger partial charge in [0, 0.05) is 13.2 Å². The number of nitrogens with one attached hydrogen (secondary N) is 2. The zero-order valence-corrected chi connectivity index (χ0v) is 12.2. The number of carbonyl (C=O) groups is 2. The third-order valence-electron chi connectivity index (χ3n) is 2.35. The topological polar surface area (TPSA) is 90.5 Å². The summed E-state index contributed by atoms with van der Waals surface area (Å²) in [7, 11) is 0. The minimum absolute atomic E-state index is 0.169. The molecule has 1 atom stereocenters. The van der Waals surface area contributed by atoms with Crippen LogP contribution in [0, 0.1) is 5.92 Å². The van der Waals surface area contributed by atoms with Crippen LogP contribution >= 0.6 is 0 Å². The van der Waals surface area contributed by atoms with Crippen LogP contribution in [0.15, 0.2) is 0 Å². The number of carboxylic acid groups (broad SMARTS) is 1. The van der Waals surface area contributed by atoms with E-state index >= 15 is 0 Å². The van der Waals surface area contributed by atoms with Gasteiger partial charge in [-0.3, -0.25) is 0 Å². The van der Waals surface area contributed by atoms with Gasteiger partial charge in [-0.2, -0.15) is 0 Å². The molecule has 0 saturated carbocycles. The Morgan fingerprint density at radius 2 is 1.84 bits per heavy atom. The van der Waals surface area contributed by atoms with Crippen molar-refractivity contribution in [3.8, 4) is 0 Å². The van der Waals surface area contributed by atoms with Crippen molar-refractivity contribution in [2.24, 2.45) is 5.92 Å². The lowest BCUT2D eigenvalue weighted by Crippen LogP contribution is -2.51. The van der Waals surface area contributed by atoms with Crippen molar-refractivity contribution in [3.63, 3.8) is 0 Å². The molecule has 2 amide bonds. The fraction of sp³-hybridized carbons (Fsp3) is 0.846. The predicted molar refractivity (Wildman–Crippen MR) is 70.5 cm³/mol. The molecule has 0 fully saturated rings. The summed E-state index contributed by atoms with van der Waals surface area (Å²) in [5, 5.41) is 15.8. The lowest BCUT2D eigenvalue weighted by molar-refractivity contribution is -0.308. The van der Waals surface area contributed by atoms with Crippen molar-refractivity contribution >= 4 is 12.0 Å². The fourth-order valence-electron chi connectivity index (χ4n) is 1.49. The summed E-state index contributed by atoms with van der Waals surface area (Å²) in [5.74, 6) is -1.09. The van der Waals surface area contributed by atoms with E-state index in [4.69, 9.17) is 4.74 Å². The van der Waals surface area contributed by atoms with Crippen LogP contribution in [0.5, 0.6) is 0 Å². The van der Waals surface area contributed by atoms with E-state index in [1.807, 2.05) is 27.7 Å².